The number of hydrogen-bond donors (Lipinski definition) is 1. The lowest BCUT2D eigenvalue weighted by Gasteiger charge is -2.41. The topological polar surface area (TPSA) is 15.3 Å². The highest BCUT2D eigenvalue weighted by molar-refractivity contribution is 4.88. The summed E-state index contributed by atoms with van der Waals surface area (Å²) in [6, 6.07) is 0.616. The van der Waals surface area contributed by atoms with Crippen LogP contribution < -0.4 is 5.32 Å². The Balaban J connectivity index is 1.88. The molecular weight excluding hydrogens is 253 g/mol. The van der Waals surface area contributed by atoms with Crippen LogP contribution in [0.15, 0.2) is 0 Å². The molecule has 0 bridgehead atoms. The summed E-state index contributed by atoms with van der Waals surface area (Å²) in [4.78, 5) is 2.44. The Labute approximate surface area is 113 Å². The van der Waals surface area contributed by atoms with Crippen molar-refractivity contribution in [1.82, 2.24) is 10.2 Å². The Morgan fingerprint density at radius 3 is 2.42 bits per heavy atom. The maximum absolute atomic E-state index is 12.3. The van der Waals surface area contributed by atoms with E-state index in [1.807, 2.05) is 0 Å². The molecular formula is C14H25F3N2. The van der Waals surface area contributed by atoms with Crippen molar-refractivity contribution in [2.45, 2.75) is 63.7 Å². The van der Waals surface area contributed by atoms with Gasteiger partial charge in [-0.25, -0.2) is 0 Å². The fourth-order valence-corrected chi connectivity index (χ4v) is 3.51. The Bertz CT molecular complexity index is 274. The molecule has 19 heavy (non-hydrogen) atoms. The van der Waals surface area contributed by atoms with Crippen LogP contribution in [0.3, 0.4) is 0 Å². The van der Waals surface area contributed by atoms with Gasteiger partial charge >= 0.3 is 6.18 Å². The van der Waals surface area contributed by atoms with Crippen LogP contribution in [0.2, 0.25) is 0 Å². The lowest BCUT2D eigenvalue weighted by Crippen LogP contribution is -2.53. The van der Waals surface area contributed by atoms with Gasteiger partial charge in [-0.15, -0.1) is 0 Å². The highest BCUT2D eigenvalue weighted by atomic mass is 19.4. The maximum Gasteiger partial charge on any atom is 0.401 e. The molecule has 2 fully saturated rings. The van der Waals surface area contributed by atoms with Gasteiger partial charge in [0.05, 0.1) is 6.54 Å². The first-order chi connectivity index (χ1) is 8.98. The minimum atomic E-state index is -4.10. The van der Waals surface area contributed by atoms with Crippen molar-refractivity contribution in [1.29, 1.82) is 0 Å². The number of rotatable bonds is 4. The summed E-state index contributed by atoms with van der Waals surface area (Å²) >= 11 is 0. The number of piperidine rings is 1. The summed E-state index contributed by atoms with van der Waals surface area (Å²) in [5.74, 6) is 0.542. The molecule has 1 aliphatic carbocycles. The van der Waals surface area contributed by atoms with E-state index in [2.05, 4.69) is 17.1 Å². The smallest absolute Gasteiger partial charge is 0.305 e. The monoisotopic (exact) mass is 278 g/mol. The van der Waals surface area contributed by atoms with E-state index in [0.29, 0.717) is 12.0 Å². The van der Waals surface area contributed by atoms with E-state index < -0.39 is 12.7 Å². The molecule has 0 aromatic heterocycles. The van der Waals surface area contributed by atoms with Gasteiger partial charge in [-0.1, -0.05) is 26.2 Å². The third-order valence-electron chi connectivity index (χ3n) is 4.58. The first kappa shape index (κ1) is 15.1. The molecule has 1 N–H and O–H groups in total. The molecule has 2 nitrogen and oxygen atoms in total. The summed E-state index contributed by atoms with van der Waals surface area (Å²) in [5, 5.41) is 2.71. The molecule has 2 aliphatic rings. The molecule has 112 valence electrons. The van der Waals surface area contributed by atoms with Crippen molar-refractivity contribution in [3.8, 4) is 0 Å². The van der Waals surface area contributed by atoms with Gasteiger partial charge in [0.2, 0.25) is 0 Å². The summed E-state index contributed by atoms with van der Waals surface area (Å²) in [7, 11) is 0. The lowest BCUT2D eigenvalue weighted by molar-refractivity contribution is -0.127. The molecule has 0 aromatic rings. The Morgan fingerprint density at radius 1 is 1.16 bits per heavy atom. The van der Waals surface area contributed by atoms with Crippen LogP contribution in [0, 0.1) is 5.92 Å². The summed E-state index contributed by atoms with van der Waals surface area (Å²) < 4.78 is 36.9. The number of nitrogens with zero attached hydrogens (tertiary/aromatic N) is 1. The molecule has 2 unspecified atom stereocenters. The summed E-state index contributed by atoms with van der Waals surface area (Å²) in [5.41, 5.74) is 0. The third kappa shape index (κ3) is 4.63. The van der Waals surface area contributed by atoms with E-state index in [4.69, 9.17) is 0 Å². The normalized spacial score (nSPS) is 30.9. The third-order valence-corrected chi connectivity index (χ3v) is 4.58. The van der Waals surface area contributed by atoms with Crippen molar-refractivity contribution in [2.75, 3.05) is 19.6 Å². The SMILES string of the molecule is CCC1CC(NCC(F)(F)F)CN(C2CCCC2)C1. The Kier molecular flexibility index (Phi) is 5.12. The van der Waals surface area contributed by atoms with E-state index in [1.165, 1.54) is 25.7 Å². The van der Waals surface area contributed by atoms with Crippen LogP contribution in [-0.4, -0.2) is 42.8 Å². The van der Waals surface area contributed by atoms with Crippen molar-refractivity contribution in [3.05, 3.63) is 0 Å². The molecule has 1 aliphatic heterocycles. The summed E-state index contributed by atoms with van der Waals surface area (Å²) in [6.07, 6.45) is 2.85. The average molecular weight is 278 g/mol. The molecule has 0 aromatic carbocycles. The van der Waals surface area contributed by atoms with Crippen molar-refractivity contribution in [3.63, 3.8) is 0 Å². The second-order valence-electron chi connectivity index (χ2n) is 6.10. The number of halogens is 3. The fourth-order valence-electron chi connectivity index (χ4n) is 3.51. The van der Waals surface area contributed by atoms with Gasteiger partial charge in [-0.3, -0.25) is 4.90 Å². The van der Waals surface area contributed by atoms with Crippen LogP contribution in [0.4, 0.5) is 13.2 Å². The lowest BCUT2D eigenvalue weighted by atomic mass is 9.91. The second-order valence-corrected chi connectivity index (χ2v) is 6.10. The zero-order valence-electron chi connectivity index (χ0n) is 11.7. The van der Waals surface area contributed by atoms with Gasteiger partial charge in [0.15, 0.2) is 0 Å². The van der Waals surface area contributed by atoms with Crippen LogP contribution in [0.5, 0.6) is 0 Å². The first-order valence-electron chi connectivity index (χ1n) is 7.52. The van der Waals surface area contributed by atoms with Crippen LogP contribution in [0.1, 0.15) is 45.4 Å². The molecule has 1 saturated carbocycles. The molecule has 5 heteroatoms. The van der Waals surface area contributed by atoms with E-state index in [9.17, 15) is 13.2 Å². The quantitative estimate of drug-likeness (QED) is 0.849. The zero-order chi connectivity index (χ0) is 13.9. The Morgan fingerprint density at radius 2 is 1.84 bits per heavy atom. The number of hydrogen-bond acceptors (Lipinski definition) is 2. The van der Waals surface area contributed by atoms with E-state index >= 15 is 0 Å². The minimum absolute atomic E-state index is 0.000856. The molecule has 0 amide bonds. The molecule has 2 rings (SSSR count). The van der Waals surface area contributed by atoms with Crippen molar-refractivity contribution >= 4 is 0 Å². The Hall–Kier alpha value is -0.290. The standard InChI is InChI=1S/C14H25F3N2/c1-2-11-7-12(18-10-14(15,16)17)9-19(8-11)13-5-3-4-6-13/h11-13,18H,2-10H2,1H3. The molecule has 0 spiro atoms. The minimum Gasteiger partial charge on any atom is -0.305 e. The molecule has 1 saturated heterocycles. The van der Waals surface area contributed by atoms with Gasteiger partial charge in [-0.2, -0.15) is 13.2 Å². The van der Waals surface area contributed by atoms with Gasteiger partial charge in [0, 0.05) is 25.2 Å². The average Bonchev–Trinajstić information content (AvgIpc) is 2.89. The van der Waals surface area contributed by atoms with Crippen LogP contribution in [0.25, 0.3) is 0 Å². The van der Waals surface area contributed by atoms with Gasteiger partial charge in [0.25, 0.3) is 0 Å². The van der Waals surface area contributed by atoms with Crippen LogP contribution >= 0.6 is 0 Å². The van der Waals surface area contributed by atoms with Crippen LogP contribution in [-0.2, 0) is 0 Å². The highest BCUT2D eigenvalue weighted by Gasteiger charge is 2.34. The predicted octanol–water partition coefficient (Wildman–Crippen LogP) is 3.18. The highest BCUT2D eigenvalue weighted by Crippen LogP contribution is 2.29. The molecule has 1 heterocycles. The van der Waals surface area contributed by atoms with E-state index in [0.717, 1.165) is 25.9 Å². The number of likely N-dealkylation sites (tertiary alicyclic amines) is 1. The largest absolute Gasteiger partial charge is 0.401 e. The number of nitrogens with one attached hydrogen (secondary N) is 1. The van der Waals surface area contributed by atoms with E-state index in [-0.39, 0.29) is 6.04 Å². The molecule has 2 atom stereocenters. The fraction of sp³-hybridized carbons (Fsp3) is 1.00. The van der Waals surface area contributed by atoms with E-state index in [1.54, 1.807) is 0 Å². The van der Waals surface area contributed by atoms with Crippen molar-refractivity contribution in [2.24, 2.45) is 5.92 Å². The zero-order valence-corrected chi connectivity index (χ0v) is 11.7. The summed E-state index contributed by atoms with van der Waals surface area (Å²) in [6.45, 7) is 3.15. The van der Waals surface area contributed by atoms with Crippen molar-refractivity contribution < 1.29 is 13.2 Å². The predicted molar refractivity (Wildman–Crippen MR) is 70.1 cm³/mol. The van der Waals surface area contributed by atoms with Gasteiger partial charge in [0.1, 0.15) is 0 Å². The van der Waals surface area contributed by atoms with Gasteiger partial charge < -0.3 is 5.32 Å². The first-order valence-corrected chi connectivity index (χ1v) is 7.52. The maximum atomic E-state index is 12.3. The molecule has 0 radical (unpaired) electrons. The second kappa shape index (κ2) is 6.44. The van der Waals surface area contributed by atoms with Gasteiger partial charge in [-0.05, 0) is 25.2 Å². The number of alkyl halides is 3.